The Bertz CT molecular complexity index is 6990. The second kappa shape index (κ2) is 45.7. The molecule has 0 aliphatic carbocycles. The van der Waals surface area contributed by atoms with E-state index in [-0.39, 0.29) is 26.6 Å². The molecule has 0 aliphatic rings. The van der Waals surface area contributed by atoms with E-state index in [2.05, 4.69) is 365 Å². The van der Waals surface area contributed by atoms with E-state index in [4.69, 9.17) is 9.40 Å². The molecule has 0 radical (unpaired) electrons. The van der Waals surface area contributed by atoms with Crippen LogP contribution >= 0.6 is 22.7 Å². The molecule has 23 heteroatoms. The van der Waals surface area contributed by atoms with Gasteiger partial charge in [-0.05, 0) is 294 Å². The number of aromatic nitrogens is 14. The van der Waals surface area contributed by atoms with E-state index in [0.29, 0.717) is 5.69 Å². The van der Waals surface area contributed by atoms with Crippen LogP contribution in [0, 0.1) is 138 Å². The molecule has 0 amide bonds. The van der Waals surface area contributed by atoms with Crippen molar-refractivity contribution in [2.45, 2.75) is 151 Å². The van der Waals surface area contributed by atoms with Gasteiger partial charge in [-0.3, -0.25) is 9.13 Å². The summed E-state index contributed by atoms with van der Waals surface area (Å²) in [6.45, 7) is 39.0. The molecule has 10 aromatic heterocycles. The number of hydrogen-bond acceptors (Lipinski definition) is 10. The number of fused-ring (bicyclic) bond motifs is 6. The summed E-state index contributed by atoms with van der Waals surface area (Å²) in [6.07, 6.45) is -8.80. The van der Waals surface area contributed by atoms with Gasteiger partial charge in [-0.2, -0.15) is 14.9 Å². The zero-order valence-corrected chi connectivity index (χ0v) is 82.0. The first-order chi connectivity index (χ1) is 65.0. The van der Waals surface area contributed by atoms with Crippen LogP contribution in [0.4, 0.5) is 26.3 Å². The van der Waals surface area contributed by atoms with Crippen LogP contribution in [-0.2, 0) is 12.6 Å². The van der Waals surface area contributed by atoms with Crippen molar-refractivity contribution in [1.29, 1.82) is 0 Å². The van der Waals surface area contributed by atoms with E-state index in [9.17, 15) is 26.3 Å². The van der Waals surface area contributed by atoms with Crippen molar-refractivity contribution < 1.29 is 30.8 Å². The molecule has 0 fully saturated rings. The highest BCUT2D eigenvalue weighted by Gasteiger charge is 2.35. The Morgan fingerprint density at radius 1 is 0.316 bits per heavy atom. The molecule has 0 saturated carbocycles. The van der Waals surface area contributed by atoms with Gasteiger partial charge in [0.25, 0.3) is 0 Å². The Hall–Kier alpha value is -14.8. The fraction of sp³-hybridized carbons (Fsp3) is 0.195. The molecule has 136 heavy (non-hydrogen) atoms. The number of para-hydroxylation sites is 4. The molecule has 21 rings (SSSR count). The summed E-state index contributed by atoms with van der Waals surface area (Å²) >= 11 is 3.71. The molecule has 21 aromatic rings. The standard InChI is InChI=1S/C18H17N.C17H16N2.C14H13N.C14H12O.C12H12S.C11H12N2.C10H11N3.C6H7F3N2.C6H8S.C5H6F3N3/c1-14-13-18(16-9-5-3-6-10-16)19(15(14)2)17-11-7-4-8-12-17;1-13-14(2)19(16-11-7-4-8-12-16)17(18-13)15-9-5-3-6-10-15;2*1-9-3-5-13-11(7-9)12-8-10(2)4-6-14(12)15-13;1-9-8-12(13-10(9)2)11-6-4-3-5-7-11;1-9-8-10(2)13(12-9)11-6-4-3-5-7-11;1-8-11-12-9(2)13(8)10-6-4-3-5-7-10;1-4-3-5(2)11(10-4)6(7,8)9;1-5-3-4-6(2)7-5;1-3-9-10-4(2)11(3)5(6,7)8/h3-13H,1-2H3;3-12H,1-2H3;3-8,15H,1-2H3;3-8H,1-2H3;2*3-8H,1-2H3;3-7H,1-2H3;3H,1-2H3;3-4H,1-2H3;1-2H3. The largest absolute Gasteiger partial charge is 0.504 e. The Morgan fingerprint density at radius 2 is 0.706 bits per heavy atom. The van der Waals surface area contributed by atoms with Crippen LogP contribution in [-0.4, -0.2) is 68.2 Å². The number of halogens is 6. The third-order valence-electron chi connectivity index (χ3n) is 22.3. The van der Waals surface area contributed by atoms with E-state index >= 15 is 0 Å². The maximum atomic E-state index is 12.0. The Labute approximate surface area is 799 Å². The molecule has 0 aliphatic heterocycles. The zero-order chi connectivity index (χ0) is 97.7. The summed E-state index contributed by atoms with van der Waals surface area (Å²) in [5, 5.41) is 27.3. The number of nitrogens with one attached hydrogen (secondary N) is 1. The van der Waals surface area contributed by atoms with Crippen molar-refractivity contribution in [2.75, 3.05) is 0 Å². The first-order valence-corrected chi connectivity index (χ1v) is 46.2. The van der Waals surface area contributed by atoms with Crippen molar-refractivity contribution >= 4 is 66.4 Å². The predicted molar refractivity (Wildman–Crippen MR) is 548 cm³/mol. The van der Waals surface area contributed by atoms with Crippen molar-refractivity contribution in [1.82, 2.24) is 68.2 Å². The number of H-pyrrole nitrogens is 1. The minimum Gasteiger partial charge on any atom is -0.456 e. The lowest BCUT2D eigenvalue weighted by Gasteiger charge is -2.12. The maximum absolute atomic E-state index is 12.0. The van der Waals surface area contributed by atoms with Crippen LogP contribution in [0.1, 0.15) is 111 Å². The normalized spacial score (nSPS) is 10.9. The quantitative estimate of drug-likeness (QED) is 0.155. The van der Waals surface area contributed by atoms with Gasteiger partial charge >= 0.3 is 12.6 Å². The predicted octanol–water partition coefficient (Wildman–Crippen LogP) is 31.2. The minimum atomic E-state index is -4.41. The van der Waals surface area contributed by atoms with E-state index in [0.717, 1.165) is 62.7 Å². The van der Waals surface area contributed by atoms with Crippen molar-refractivity contribution in [3.63, 3.8) is 0 Å². The van der Waals surface area contributed by atoms with Gasteiger partial charge in [0.05, 0.1) is 28.5 Å². The van der Waals surface area contributed by atoms with Gasteiger partial charge in [0.1, 0.15) is 40.3 Å². The third kappa shape index (κ3) is 26.2. The number of nitrogens with zero attached hydrogens (tertiary/aromatic N) is 13. The Morgan fingerprint density at radius 3 is 1.09 bits per heavy atom. The van der Waals surface area contributed by atoms with Crippen LogP contribution in [0.5, 0.6) is 0 Å². The second-order valence-corrected chi connectivity index (χ2v) is 36.0. The van der Waals surface area contributed by atoms with E-state index < -0.39 is 12.6 Å². The van der Waals surface area contributed by atoms with E-state index in [1.165, 1.54) is 159 Å². The molecular formula is C113H114F6N14OS2. The van der Waals surface area contributed by atoms with Gasteiger partial charge in [-0.25, -0.2) is 14.2 Å². The molecule has 15 nitrogen and oxygen atoms in total. The fourth-order valence-corrected chi connectivity index (χ4v) is 17.2. The molecule has 11 aromatic carbocycles. The van der Waals surface area contributed by atoms with Crippen molar-refractivity contribution in [3.05, 3.63) is 433 Å². The smallest absolute Gasteiger partial charge is 0.456 e. The number of furan rings is 1. The molecule has 0 saturated heterocycles. The Kier molecular flexibility index (Phi) is 33.7. The molecule has 1 N–H and O–H groups in total. The second-order valence-electron chi connectivity index (χ2n) is 33.2. The molecule has 696 valence electrons. The average Bonchev–Trinajstić information content (AvgIpc) is 1.63. The number of imidazole rings is 1. The maximum Gasteiger partial charge on any atom is 0.504 e. The number of aromatic amines is 1. The van der Waals surface area contributed by atoms with Crippen molar-refractivity contribution in [3.8, 4) is 55.8 Å². The molecule has 10 heterocycles. The topological polar surface area (TPSA) is 149 Å². The third-order valence-corrected chi connectivity index (χ3v) is 24.4. The summed E-state index contributed by atoms with van der Waals surface area (Å²) in [6, 6.07) is 110. The average molecular weight is 1860 g/mol. The molecule has 0 unspecified atom stereocenters. The van der Waals surface area contributed by atoms with Gasteiger partial charge < -0.3 is 14.0 Å². The summed E-state index contributed by atoms with van der Waals surface area (Å²) < 4.78 is 86.4. The first-order valence-electron chi connectivity index (χ1n) is 44.6. The Balaban J connectivity index is 0.000000137. The lowest BCUT2D eigenvalue weighted by atomic mass is 10.1. The van der Waals surface area contributed by atoms with Gasteiger partial charge in [-0.15, -0.1) is 69.4 Å². The van der Waals surface area contributed by atoms with Gasteiger partial charge in [-0.1, -0.05) is 210 Å². The number of benzene rings is 11. The van der Waals surface area contributed by atoms with Crippen LogP contribution in [0.25, 0.3) is 99.6 Å². The monoisotopic (exact) mass is 1860 g/mol. The molecular weight excluding hydrogens is 1750 g/mol. The van der Waals surface area contributed by atoms with Crippen LogP contribution in [0.15, 0.2) is 326 Å². The number of hydrogen-bond donors (Lipinski definition) is 1. The number of alkyl halides is 6. The molecule has 0 bridgehead atoms. The van der Waals surface area contributed by atoms with E-state index in [1.807, 2.05) is 138 Å². The van der Waals surface area contributed by atoms with Gasteiger partial charge in [0, 0.05) is 97.5 Å². The number of thiophene rings is 2. The summed E-state index contributed by atoms with van der Waals surface area (Å²) in [4.78, 5) is 13.7. The lowest BCUT2D eigenvalue weighted by Crippen LogP contribution is -2.19. The lowest BCUT2D eigenvalue weighted by molar-refractivity contribution is -0.213. The van der Waals surface area contributed by atoms with Crippen LogP contribution in [0.2, 0.25) is 0 Å². The highest BCUT2D eigenvalue weighted by atomic mass is 32.1. The number of rotatable bonds is 7. The molecule has 0 atom stereocenters. The minimum absolute atomic E-state index is 0.0579. The summed E-state index contributed by atoms with van der Waals surface area (Å²) in [7, 11) is 0. The number of aryl methyl sites for hydroxylation is 18. The highest BCUT2D eigenvalue weighted by Crippen LogP contribution is 2.35. The SMILES string of the molecule is Cc1cc(-c2ccccc2)n(-c2ccccc2)c1C.Cc1cc(-c2ccccc2)sc1C.Cc1cc(C)n(-c2ccccc2)n1.Cc1cc(C)n(C(F)(F)F)n1.Cc1ccc(C)s1.Cc1ccc2[nH]c3ccc(C)cc3c2c1.Cc1ccc2oc3ccc(C)cc3c2c1.Cc1nc(-c2ccccc2)n(-c2ccccc2)c1C.Cc1nnc(C)n1-c1ccccc1.Cc1nnc(C)n1C(F)(F)F. The highest BCUT2D eigenvalue weighted by molar-refractivity contribution is 7.15. The first kappa shape index (κ1) is 100. The van der Waals surface area contributed by atoms with Crippen LogP contribution in [0.3, 0.4) is 0 Å². The fourth-order valence-electron chi connectivity index (χ4n) is 15.4. The zero-order valence-electron chi connectivity index (χ0n) is 80.4. The van der Waals surface area contributed by atoms with Gasteiger partial charge in [0.15, 0.2) is 0 Å². The summed E-state index contributed by atoms with van der Waals surface area (Å²) in [5.74, 6) is 2.55. The van der Waals surface area contributed by atoms with Crippen molar-refractivity contribution in [2.24, 2.45) is 0 Å². The van der Waals surface area contributed by atoms with E-state index in [1.54, 1.807) is 0 Å². The molecule has 0 spiro atoms. The summed E-state index contributed by atoms with van der Waals surface area (Å²) in [5.41, 5.74) is 28.1. The van der Waals surface area contributed by atoms with Gasteiger partial charge in [0.2, 0.25) is 0 Å². The van der Waals surface area contributed by atoms with Crippen LogP contribution < -0.4 is 0 Å².